The number of aromatic hydroxyl groups is 1. The molecule has 218 valence electrons. The van der Waals surface area contributed by atoms with Gasteiger partial charge in [0, 0.05) is 35.6 Å². The number of carbonyl (C=O) groups is 1. The van der Waals surface area contributed by atoms with Crippen LogP contribution in [0.5, 0.6) is 5.75 Å². The first kappa shape index (κ1) is 28.6. The molecule has 0 saturated carbocycles. The molecule has 0 bridgehead atoms. The molecular formula is C29H26F4N6O3. The molecule has 2 heterocycles. The number of rotatable bonds is 7. The number of hydrogen-bond acceptors (Lipinski definition) is 8. The quantitative estimate of drug-likeness (QED) is 0.163. The van der Waals surface area contributed by atoms with Gasteiger partial charge in [-0.15, -0.1) is 0 Å². The number of aryl methyl sites for hydroxylation is 1. The number of ether oxygens (including phenoxy) is 1. The molecule has 1 aliphatic rings. The van der Waals surface area contributed by atoms with Crippen molar-refractivity contribution in [1.29, 1.82) is 0 Å². The minimum Gasteiger partial charge on any atom is -0.507 e. The summed E-state index contributed by atoms with van der Waals surface area (Å²) in [7, 11) is 0. The van der Waals surface area contributed by atoms with Crippen LogP contribution in [0.1, 0.15) is 21.5 Å². The third-order valence-electron chi connectivity index (χ3n) is 6.56. The minimum atomic E-state index is -4.61. The Morgan fingerprint density at radius 3 is 2.50 bits per heavy atom. The third-order valence-corrected chi connectivity index (χ3v) is 6.56. The summed E-state index contributed by atoms with van der Waals surface area (Å²) in [4.78, 5) is 22.6. The standard InChI is InChI=1S/C29H26F4N6O3/c1-17-12-20(35-21-14-18(13-19(15-21)29(31,32)33)23-4-2-3-5-25(23)40)6-7-22(17)27(41)37-38-28-34-16-24(30)26(36-28)39-8-10-42-11-9-39/h2-7,12-16,35,40H,8-11H2,1H3,(H,37,41)(H,34,36,38). The second kappa shape index (κ2) is 11.9. The Morgan fingerprint density at radius 2 is 1.79 bits per heavy atom. The maximum absolute atomic E-state index is 14.3. The summed E-state index contributed by atoms with van der Waals surface area (Å²) in [6, 6.07) is 14.2. The number of benzene rings is 3. The van der Waals surface area contributed by atoms with Gasteiger partial charge in [-0.05, 0) is 60.5 Å². The highest BCUT2D eigenvalue weighted by molar-refractivity contribution is 5.96. The van der Waals surface area contributed by atoms with Crippen LogP contribution in [0.4, 0.5) is 40.7 Å². The zero-order chi connectivity index (χ0) is 29.9. The summed E-state index contributed by atoms with van der Waals surface area (Å²) in [5.74, 6) is -1.18. The summed E-state index contributed by atoms with van der Waals surface area (Å²) in [6.45, 7) is 3.49. The molecule has 0 aliphatic carbocycles. The van der Waals surface area contributed by atoms with Gasteiger partial charge in [-0.2, -0.15) is 18.2 Å². The van der Waals surface area contributed by atoms with Crippen molar-refractivity contribution in [2.75, 3.05) is 41.9 Å². The van der Waals surface area contributed by atoms with Gasteiger partial charge in [-0.25, -0.2) is 9.37 Å². The van der Waals surface area contributed by atoms with Crippen molar-refractivity contribution in [2.45, 2.75) is 13.1 Å². The van der Waals surface area contributed by atoms with Crippen LogP contribution in [-0.4, -0.2) is 47.3 Å². The Labute approximate surface area is 238 Å². The van der Waals surface area contributed by atoms with E-state index < -0.39 is 23.5 Å². The molecule has 42 heavy (non-hydrogen) atoms. The molecule has 13 heteroatoms. The van der Waals surface area contributed by atoms with Crippen molar-refractivity contribution in [2.24, 2.45) is 0 Å². The SMILES string of the molecule is Cc1cc(Nc2cc(-c3ccccc3O)cc(C(F)(F)F)c2)ccc1C(=O)NNc1ncc(F)c(N2CCOCC2)n1. The summed E-state index contributed by atoms with van der Waals surface area (Å²) in [6.07, 6.45) is -3.60. The number of amides is 1. The number of aromatic nitrogens is 2. The molecule has 0 radical (unpaired) electrons. The highest BCUT2D eigenvalue weighted by Gasteiger charge is 2.31. The van der Waals surface area contributed by atoms with Crippen LogP contribution in [0.3, 0.4) is 0 Å². The average molecular weight is 583 g/mol. The van der Waals surface area contributed by atoms with Crippen LogP contribution in [0.2, 0.25) is 0 Å². The first-order chi connectivity index (χ1) is 20.1. The molecular weight excluding hydrogens is 556 g/mol. The first-order valence-corrected chi connectivity index (χ1v) is 12.9. The van der Waals surface area contributed by atoms with E-state index in [0.29, 0.717) is 37.6 Å². The molecule has 0 spiro atoms. The Hall–Kier alpha value is -4.91. The normalized spacial score (nSPS) is 13.5. The predicted molar refractivity (Wildman–Crippen MR) is 149 cm³/mol. The van der Waals surface area contributed by atoms with Gasteiger partial charge in [0.15, 0.2) is 11.6 Å². The number of morpholine rings is 1. The van der Waals surface area contributed by atoms with Gasteiger partial charge in [0.1, 0.15) is 5.75 Å². The zero-order valence-corrected chi connectivity index (χ0v) is 22.3. The van der Waals surface area contributed by atoms with Crippen LogP contribution < -0.4 is 21.1 Å². The summed E-state index contributed by atoms with van der Waals surface area (Å²) in [5.41, 5.74) is 6.02. The monoisotopic (exact) mass is 582 g/mol. The van der Waals surface area contributed by atoms with Gasteiger partial charge < -0.3 is 20.1 Å². The number of halogens is 4. The van der Waals surface area contributed by atoms with Gasteiger partial charge in [0.25, 0.3) is 5.91 Å². The van der Waals surface area contributed by atoms with Crippen LogP contribution in [0.25, 0.3) is 11.1 Å². The number of phenolic OH excluding ortho intramolecular Hbond substituents is 1. The molecule has 1 aromatic heterocycles. The van der Waals surface area contributed by atoms with E-state index in [1.807, 2.05) is 0 Å². The van der Waals surface area contributed by atoms with Gasteiger partial charge in [-0.3, -0.25) is 15.6 Å². The van der Waals surface area contributed by atoms with Gasteiger partial charge in [0.2, 0.25) is 5.95 Å². The number of alkyl halides is 3. The third kappa shape index (κ3) is 6.52. The lowest BCUT2D eigenvalue weighted by molar-refractivity contribution is -0.137. The lowest BCUT2D eigenvalue weighted by atomic mass is 10.0. The number of phenols is 1. The Morgan fingerprint density at radius 1 is 1.02 bits per heavy atom. The maximum atomic E-state index is 14.3. The molecule has 3 aromatic carbocycles. The van der Waals surface area contributed by atoms with Crippen LogP contribution in [0.15, 0.2) is 66.9 Å². The lowest BCUT2D eigenvalue weighted by Crippen LogP contribution is -2.38. The van der Waals surface area contributed by atoms with Crippen molar-refractivity contribution in [1.82, 2.24) is 15.4 Å². The molecule has 1 aliphatic heterocycles. The Bertz CT molecular complexity index is 1610. The number of anilines is 4. The molecule has 1 fully saturated rings. The zero-order valence-electron chi connectivity index (χ0n) is 22.3. The Kier molecular flexibility index (Phi) is 8.11. The van der Waals surface area contributed by atoms with Crippen molar-refractivity contribution in [3.8, 4) is 16.9 Å². The topological polar surface area (TPSA) is 112 Å². The second-order valence-corrected chi connectivity index (χ2v) is 9.51. The summed E-state index contributed by atoms with van der Waals surface area (Å²) in [5, 5.41) is 13.1. The van der Waals surface area contributed by atoms with E-state index in [1.54, 1.807) is 36.1 Å². The molecule has 1 saturated heterocycles. The van der Waals surface area contributed by atoms with Crippen molar-refractivity contribution < 1.29 is 32.2 Å². The number of para-hydroxylation sites is 1. The smallest absolute Gasteiger partial charge is 0.416 e. The van der Waals surface area contributed by atoms with Crippen LogP contribution in [-0.2, 0) is 10.9 Å². The summed E-state index contributed by atoms with van der Waals surface area (Å²) < 4.78 is 60.6. The predicted octanol–water partition coefficient (Wildman–Crippen LogP) is 5.65. The highest BCUT2D eigenvalue weighted by Crippen LogP contribution is 2.38. The van der Waals surface area contributed by atoms with E-state index in [2.05, 4.69) is 26.1 Å². The molecule has 0 unspecified atom stereocenters. The summed E-state index contributed by atoms with van der Waals surface area (Å²) >= 11 is 0. The molecule has 0 atom stereocenters. The maximum Gasteiger partial charge on any atom is 0.416 e. The number of nitrogens with one attached hydrogen (secondary N) is 3. The fraction of sp³-hybridized carbons (Fsp3) is 0.207. The molecule has 4 N–H and O–H groups in total. The highest BCUT2D eigenvalue weighted by atomic mass is 19.4. The molecule has 5 rings (SSSR count). The molecule has 9 nitrogen and oxygen atoms in total. The first-order valence-electron chi connectivity index (χ1n) is 12.9. The fourth-order valence-corrected chi connectivity index (χ4v) is 4.49. The van der Waals surface area contributed by atoms with Gasteiger partial charge in [0.05, 0.1) is 25.0 Å². The van der Waals surface area contributed by atoms with Crippen LogP contribution in [0, 0.1) is 12.7 Å². The van der Waals surface area contributed by atoms with E-state index in [-0.39, 0.29) is 39.9 Å². The molecule has 4 aromatic rings. The average Bonchev–Trinajstić information content (AvgIpc) is 2.97. The number of carbonyl (C=O) groups excluding carboxylic acids is 1. The van der Waals surface area contributed by atoms with Gasteiger partial charge >= 0.3 is 6.18 Å². The van der Waals surface area contributed by atoms with E-state index in [9.17, 15) is 27.5 Å². The van der Waals surface area contributed by atoms with E-state index in [1.165, 1.54) is 24.3 Å². The van der Waals surface area contributed by atoms with Crippen molar-refractivity contribution in [3.05, 3.63) is 89.4 Å². The fourth-order valence-electron chi connectivity index (χ4n) is 4.49. The number of hydrogen-bond donors (Lipinski definition) is 4. The second-order valence-electron chi connectivity index (χ2n) is 9.51. The van der Waals surface area contributed by atoms with Crippen LogP contribution >= 0.6 is 0 Å². The van der Waals surface area contributed by atoms with Crippen molar-refractivity contribution >= 4 is 29.0 Å². The number of nitrogens with zero attached hydrogens (tertiary/aromatic N) is 3. The number of hydrazine groups is 1. The van der Waals surface area contributed by atoms with E-state index in [4.69, 9.17) is 4.74 Å². The van der Waals surface area contributed by atoms with Crippen molar-refractivity contribution in [3.63, 3.8) is 0 Å². The van der Waals surface area contributed by atoms with E-state index >= 15 is 0 Å². The lowest BCUT2D eigenvalue weighted by Gasteiger charge is -2.28. The molecule has 1 amide bonds. The van der Waals surface area contributed by atoms with E-state index in [0.717, 1.165) is 18.3 Å². The van der Waals surface area contributed by atoms with Gasteiger partial charge in [-0.1, -0.05) is 18.2 Å². The Balaban J connectivity index is 1.31. The largest absolute Gasteiger partial charge is 0.507 e. The minimum absolute atomic E-state index is 0.00742.